The Morgan fingerprint density at radius 2 is 2.00 bits per heavy atom. The van der Waals surface area contributed by atoms with Crippen LogP contribution in [0.5, 0.6) is 0 Å². The van der Waals surface area contributed by atoms with Crippen LogP contribution in [0.4, 0.5) is 11.4 Å². The van der Waals surface area contributed by atoms with Gasteiger partial charge < -0.3 is 14.9 Å². The van der Waals surface area contributed by atoms with E-state index in [9.17, 15) is 4.79 Å². The molecule has 1 aliphatic heterocycles. The lowest BCUT2D eigenvalue weighted by atomic mass is 10.1. The van der Waals surface area contributed by atoms with Crippen LogP contribution in [-0.2, 0) is 4.79 Å². The molecule has 4 nitrogen and oxygen atoms in total. The van der Waals surface area contributed by atoms with Gasteiger partial charge in [-0.25, -0.2) is 4.79 Å². The van der Waals surface area contributed by atoms with E-state index in [0.29, 0.717) is 12.1 Å². The van der Waals surface area contributed by atoms with Crippen LogP contribution in [0.25, 0.3) is 0 Å². The molecule has 0 bridgehead atoms. The maximum Gasteiger partial charge on any atom is 0.331 e. The number of likely N-dealkylation sites (N-methyl/N-ethyl adjacent to an activating group) is 1. The zero-order valence-corrected chi connectivity index (χ0v) is 10.8. The highest BCUT2D eigenvalue weighted by Gasteiger charge is 2.18. The molecule has 0 radical (unpaired) electrons. The number of fused-ring (bicyclic) bond motifs is 1. The second-order valence-electron chi connectivity index (χ2n) is 4.55. The fraction of sp³-hybridized carbons (Fsp3) is 0.357. The Hall–Kier alpha value is -1.97. The molecule has 18 heavy (non-hydrogen) atoms. The molecule has 0 amide bonds. The lowest BCUT2D eigenvalue weighted by Gasteiger charge is -2.36. The van der Waals surface area contributed by atoms with Gasteiger partial charge in [-0.05, 0) is 19.1 Å². The minimum absolute atomic E-state index is 0.395. The fourth-order valence-corrected chi connectivity index (χ4v) is 2.09. The van der Waals surface area contributed by atoms with Crippen LogP contribution in [0.1, 0.15) is 6.92 Å². The van der Waals surface area contributed by atoms with Gasteiger partial charge in [-0.2, -0.15) is 0 Å². The summed E-state index contributed by atoms with van der Waals surface area (Å²) in [6.07, 6.45) is 1.77. The number of aliphatic carboxylic acids is 1. The highest BCUT2D eigenvalue weighted by molar-refractivity contribution is 5.86. The molecule has 0 unspecified atom stereocenters. The van der Waals surface area contributed by atoms with Crippen molar-refractivity contribution in [3.05, 3.63) is 35.9 Å². The molecule has 0 spiro atoms. The summed E-state index contributed by atoms with van der Waals surface area (Å²) in [4.78, 5) is 15.2. The second kappa shape index (κ2) is 5.12. The molecule has 2 rings (SSSR count). The molecule has 0 atom stereocenters. The first-order valence-corrected chi connectivity index (χ1v) is 6.05. The number of carboxylic acids is 1. The number of nitrogens with zero attached hydrogens (tertiary/aromatic N) is 2. The first-order valence-electron chi connectivity index (χ1n) is 6.05. The van der Waals surface area contributed by atoms with Crippen molar-refractivity contribution in [1.82, 2.24) is 0 Å². The van der Waals surface area contributed by atoms with Crippen molar-refractivity contribution in [3.63, 3.8) is 0 Å². The molecule has 1 aliphatic rings. The molecule has 0 aliphatic carbocycles. The third-order valence-corrected chi connectivity index (χ3v) is 3.29. The number of benzene rings is 1. The first kappa shape index (κ1) is 12.5. The van der Waals surface area contributed by atoms with Gasteiger partial charge in [-0.3, -0.25) is 0 Å². The average Bonchev–Trinajstić information content (AvgIpc) is 2.38. The molecule has 1 aromatic rings. The summed E-state index contributed by atoms with van der Waals surface area (Å²) in [7, 11) is 2.08. The van der Waals surface area contributed by atoms with Crippen LogP contribution < -0.4 is 9.80 Å². The zero-order valence-electron chi connectivity index (χ0n) is 10.8. The van der Waals surface area contributed by atoms with Gasteiger partial charge in [-0.15, -0.1) is 0 Å². The van der Waals surface area contributed by atoms with Crippen LogP contribution in [0.2, 0.25) is 0 Å². The molecule has 1 N–H and O–H groups in total. The summed E-state index contributed by atoms with van der Waals surface area (Å²) in [5.74, 6) is -0.850. The third kappa shape index (κ3) is 2.47. The quantitative estimate of drug-likeness (QED) is 0.828. The monoisotopic (exact) mass is 246 g/mol. The molecule has 1 heterocycles. The number of rotatable bonds is 3. The van der Waals surface area contributed by atoms with Crippen molar-refractivity contribution in [3.8, 4) is 0 Å². The van der Waals surface area contributed by atoms with Crippen LogP contribution >= 0.6 is 0 Å². The largest absolute Gasteiger partial charge is 0.478 e. The molecule has 0 saturated heterocycles. The van der Waals surface area contributed by atoms with Gasteiger partial charge in [0.2, 0.25) is 0 Å². The molecule has 0 aromatic heterocycles. The summed E-state index contributed by atoms with van der Waals surface area (Å²) in [5, 5.41) is 8.85. The van der Waals surface area contributed by atoms with Crippen LogP contribution in [-0.4, -0.2) is 37.8 Å². The van der Waals surface area contributed by atoms with Gasteiger partial charge in [0.15, 0.2) is 0 Å². The van der Waals surface area contributed by atoms with E-state index >= 15 is 0 Å². The van der Waals surface area contributed by atoms with Crippen molar-refractivity contribution in [2.75, 3.05) is 36.5 Å². The fourth-order valence-electron chi connectivity index (χ4n) is 2.09. The van der Waals surface area contributed by atoms with E-state index in [4.69, 9.17) is 5.11 Å². The molecule has 96 valence electrons. The number of carbonyl (C=O) groups is 1. The van der Waals surface area contributed by atoms with Gasteiger partial charge >= 0.3 is 5.97 Å². The maximum atomic E-state index is 10.8. The molecular formula is C14H18N2O2. The summed E-state index contributed by atoms with van der Waals surface area (Å²) >= 11 is 0. The smallest absolute Gasteiger partial charge is 0.331 e. The molecular weight excluding hydrogens is 228 g/mol. The third-order valence-electron chi connectivity index (χ3n) is 3.29. The normalized spacial score (nSPS) is 15.6. The Labute approximate surface area is 107 Å². The van der Waals surface area contributed by atoms with Gasteiger partial charge in [-0.1, -0.05) is 18.2 Å². The Bertz CT molecular complexity index is 482. The van der Waals surface area contributed by atoms with Gasteiger partial charge in [0.1, 0.15) is 0 Å². The Kier molecular flexibility index (Phi) is 3.55. The van der Waals surface area contributed by atoms with E-state index in [0.717, 1.165) is 13.1 Å². The topological polar surface area (TPSA) is 43.8 Å². The highest BCUT2D eigenvalue weighted by atomic mass is 16.4. The van der Waals surface area contributed by atoms with Gasteiger partial charge in [0.05, 0.1) is 11.4 Å². The number of hydrogen-bond donors (Lipinski definition) is 1. The molecule has 0 fully saturated rings. The van der Waals surface area contributed by atoms with Gasteiger partial charge in [0, 0.05) is 32.3 Å². The Morgan fingerprint density at radius 1 is 1.33 bits per heavy atom. The van der Waals surface area contributed by atoms with Crippen molar-refractivity contribution < 1.29 is 9.90 Å². The van der Waals surface area contributed by atoms with Crippen LogP contribution in [0, 0.1) is 0 Å². The summed E-state index contributed by atoms with van der Waals surface area (Å²) in [6, 6.07) is 8.21. The first-order chi connectivity index (χ1) is 8.59. The minimum Gasteiger partial charge on any atom is -0.478 e. The van der Waals surface area contributed by atoms with E-state index in [1.54, 1.807) is 13.0 Å². The highest BCUT2D eigenvalue weighted by Crippen LogP contribution is 2.31. The van der Waals surface area contributed by atoms with Crippen LogP contribution in [0.3, 0.4) is 0 Å². The summed E-state index contributed by atoms with van der Waals surface area (Å²) < 4.78 is 0. The number of anilines is 2. The van der Waals surface area contributed by atoms with E-state index in [1.165, 1.54) is 11.4 Å². The molecule has 4 heteroatoms. The van der Waals surface area contributed by atoms with E-state index < -0.39 is 5.97 Å². The van der Waals surface area contributed by atoms with E-state index in [2.05, 4.69) is 29.0 Å². The van der Waals surface area contributed by atoms with Crippen molar-refractivity contribution in [2.45, 2.75) is 6.92 Å². The van der Waals surface area contributed by atoms with Gasteiger partial charge in [0.25, 0.3) is 0 Å². The predicted molar refractivity (Wildman–Crippen MR) is 73.3 cm³/mol. The van der Waals surface area contributed by atoms with Crippen molar-refractivity contribution >= 4 is 17.3 Å². The van der Waals surface area contributed by atoms with Crippen molar-refractivity contribution in [2.24, 2.45) is 0 Å². The predicted octanol–water partition coefficient (Wildman–Crippen LogP) is 1.97. The lowest BCUT2D eigenvalue weighted by molar-refractivity contribution is -0.132. The number of carboxylic acid groups (broad SMARTS) is 1. The van der Waals surface area contributed by atoms with Crippen LogP contribution in [0.15, 0.2) is 35.9 Å². The van der Waals surface area contributed by atoms with E-state index in [-0.39, 0.29) is 0 Å². The standard InChI is InChI=1S/C14H18N2O2/c1-11(14(17)18)7-8-16-10-9-15(2)12-5-3-4-6-13(12)16/h3-7H,8-10H2,1-2H3,(H,17,18). The van der Waals surface area contributed by atoms with Crippen molar-refractivity contribution in [1.29, 1.82) is 0 Å². The Morgan fingerprint density at radius 3 is 2.67 bits per heavy atom. The minimum atomic E-state index is -0.850. The lowest BCUT2D eigenvalue weighted by Crippen LogP contribution is -2.39. The molecule has 1 aromatic carbocycles. The maximum absolute atomic E-state index is 10.8. The number of para-hydroxylation sites is 2. The number of hydrogen-bond acceptors (Lipinski definition) is 3. The average molecular weight is 246 g/mol. The molecule has 0 saturated carbocycles. The summed E-state index contributed by atoms with van der Waals surface area (Å²) in [6.45, 7) is 4.14. The Balaban J connectivity index is 2.19. The SMILES string of the molecule is CC(=CCN1CCN(C)c2ccccc21)C(=O)O. The van der Waals surface area contributed by atoms with E-state index in [1.807, 2.05) is 12.1 Å². The summed E-state index contributed by atoms with van der Waals surface area (Å²) in [5.41, 5.74) is 2.76. The zero-order chi connectivity index (χ0) is 13.1. The second-order valence-corrected chi connectivity index (χ2v) is 4.55.